The minimum absolute atomic E-state index is 0.268. The highest BCUT2D eigenvalue weighted by Crippen LogP contribution is 2.11. The molecule has 0 rings (SSSR count). The van der Waals surface area contributed by atoms with E-state index in [-0.39, 0.29) is 11.9 Å². The molecular formula is C12H24ClNO. The largest absolute Gasteiger partial charge is 0.340 e. The van der Waals surface area contributed by atoms with Crippen LogP contribution < -0.4 is 0 Å². The van der Waals surface area contributed by atoms with Gasteiger partial charge in [-0.25, -0.2) is 0 Å². The molecule has 0 aromatic heterocycles. The monoisotopic (exact) mass is 233 g/mol. The second kappa shape index (κ2) is 7.98. The number of rotatable bonds is 7. The minimum atomic E-state index is 0.268. The van der Waals surface area contributed by atoms with Crippen molar-refractivity contribution >= 4 is 17.5 Å². The van der Waals surface area contributed by atoms with Gasteiger partial charge in [0.15, 0.2) is 0 Å². The zero-order valence-electron chi connectivity index (χ0n) is 10.4. The molecule has 15 heavy (non-hydrogen) atoms. The van der Waals surface area contributed by atoms with Crippen LogP contribution in [0.1, 0.15) is 47.0 Å². The molecule has 0 N–H and O–H groups in total. The molecule has 0 saturated heterocycles. The zero-order valence-corrected chi connectivity index (χ0v) is 11.2. The summed E-state index contributed by atoms with van der Waals surface area (Å²) in [7, 11) is 0. The van der Waals surface area contributed by atoms with Crippen molar-refractivity contribution in [2.45, 2.75) is 53.0 Å². The van der Waals surface area contributed by atoms with Crippen LogP contribution in [0.4, 0.5) is 0 Å². The normalized spacial score (nSPS) is 12.9. The standard InChI is InChI=1S/C12H24ClNO/c1-5-11(4)9-12(15)14(10(2)3)8-6-7-13/h10-11H,5-9H2,1-4H3. The van der Waals surface area contributed by atoms with E-state index in [1.807, 2.05) is 4.90 Å². The van der Waals surface area contributed by atoms with Gasteiger partial charge in [0.25, 0.3) is 0 Å². The van der Waals surface area contributed by atoms with Gasteiger partial charge in [-0.15, -0.1) is 11.6 Å². The summed E-state index contributed by atoms with van der Waals surface area (Å²) in [5.74, 6) is 1.37. The van der Waals surface area contributed by atoms with Gasteiger partial charge in [-0.1, -0.05) is 20.3 Å². The maximum Gasteiger partial charge on any atom is 0.223 e. The first-order valence-electron chi connectivity index (χ1n) is 5.88. The van der Waals surface area contributed by atoms with Gasteiger partial charge in [0.1, 0.15) is 0 Å². The summed E-state index contributed by atoms with van der Waals surface area (Å²) in [6.07, 6.45) is 2.61. The van der Waals surface area contributed by atoms with E-state index in [1.54, 1.807) is 0 Å². The van der Waals surface area contributed by atoms with E-state index in [0.717, 1.165) is 19.4 Å². The topological polar surface area (TPSA) is 20.3 Å². The Kier molecular flexibility index (Phi) is 7.85. The van der Waals surface area contributed by atoms with Crippen molar-refractivity contribution in [3.63, 3.8) is 0 Å². The number of amides is 1. The Hall–Kier alpha value is -0.240. The molecule has 0 heterocycles. The maximum absolute atomic E-state index is 11.9. The second-order valence-corrected chi connectivity index (χ2v) is 4.82. The number of carbonyl (C=O) groups is 1. The molecule has 0 spiro atoms. The van der Waals surface area contributed by atoms with E-state index in [2.05, 4.69) is 27.7 Å². The number of hydrogen-bond donors (Lipinski definition) is 0. The Morgan fingerprint density at radius 1 is 1.33 bits per heavy atom. The molecule has 0 aliphatic rings. The van der Waals surface area contributed by atoms with Crippen LogP contribution in [-0.4, -0.2) is 29.3 Å². The molecule has 0 aromatic carbocycles. The zero-order chi connectivity index (χ0) is 11.8. The maximum atomic E-state index is 11.9. The van der Waals surface area contributed by atoms with Gasteiger partial charge in [-0.3, -0.25) is 4.79 Å². The molecule has 1 amide bonds. The summed E-state index contributed by atoms with van der Waals surface area (Å²) >= 11 is 5.65. The lowest BCUT2D eigenvalue weighted by Gasteiger charge is -2.27. The third kappa shape index (κ3) is 6.03. The van der Waals surface area contributed by atoms with Crippen LogP contribution in [0.2, 0.25) is 0 Å². The molecule has 2 nitrogen and oxygen atoms in total. The van der Waals surface area contributed by atoms with Gasteiger partial charge < -0.3 is 4.90 Å². The number of nitrogens with zero attached hydrogens (tertiary/aromatic N) is 1. The van der Waals surface area contributed by atoms with E-state index in [4.69, 9.17) is 11.6 Å². The Labute approximate surface area is 99.0 Å². The number of hydrogen-bond acceptors (Lipinski definition) is 1. The molecule has 0 radical (unpaired) electrons. The Morgan fingerprint density at radius 2 is 1.93 bits per heavy atom. The fraction of sp³-hybridized carbons (Fsp3) is 0.917. The van der Waals surface area contributed by atoms with Crippen molar-refractivity contribution in [1.29, 1.82) is 0 Å². The predicted molar refractivity (Wildman–Crippen MR) is 66.3 cm³/mol. The van der Waals surface area contributed by atoms with Crippen LogP contribution in [0.5, 0.6) is 0 Å². The third-order valence-corrected chi connectivity index (χ3v) is 2.96. The van der Waals surface area contributed by atoms with E-state index in [1.165, 1.54) is 0 Å². The molecule has 90 valence electrons. The van der Waals surface area contributed by atoms with E-state index >= 15 is 0 Å². The first kappa shape index (κ1) is 14.8. The molecule has 0 aromatic rings. The molecule has 1 unspecified atom stereocenters. The Bertz CT molecular complexity index is 182. The highest BCUT2D eigenvalue weighted by Gasteiger charge is 2.17. The molecule has 0 aliphatic carbocycles. The van der Waals surface area contributed by atoms with Crippen LogP contribution in [0.15, 0.2) is 0 Å². The van der Waals surface area contributed by atoms with E-state index in [9.17, 15) is 4.79 Å². The van der Waals surface area contributed by atoms with Gasteiger partial charge in [-0.05, 0) is 26.2 Å². The fourth-order valence-electron chi connectivity index (χ4n) is 1.46. The van der Waals surface area contributed by atoms with Crippen molar-refractivity contribution in [2.75, 3.05) is 12.4 Å². The number of carbonyl (C=O) groups excluding carboxylic acids is 1. The van der Waals surface area contributed by atoms with Crippen molar-refractivity contribution in [3.8, 4) is 0 Å². The summed E-state index contributed by atoms with van der Waals surface area (Å²) in [5.41, 5.74) is 0. The molecule has 0 saturated carbocycles. The lowest BCUT2D eigenvalue weighted by molar-refractivity contribution is -0.133. The van der Waals surface area contributed by atoms with Crippen molar-refractivity contribution in [3.05, 3.63) is 0 Å². The molecule has 0 aliphatic heterocycles. The SMILES string of the molecule is CCC(C)CC(=O)N(CCCCl)C(C)C. The predicted octanol–water partition coefficient (Wildman–Crippen LogP) is 3.29. The lowest BCUT2D eigenvalue weighted by Crippen LogP contribution is -2.38. The van der Waals surface area contributed by atoms with Crippen LogP contribution >= 0.6 is 11.6 Å². The van der Waals surface area contributed by atoms with Gasteiger partial charge in [0.2, 0.25) is 5.91 Å². The fourth-order valence-corrected chi connectivity index (χ4v) is 1.58. The van der Waals surface area contributed by atoms with Crippen molar-refractivity contribution in [1.82, 2.24) is 4.90 Å². The Morgan fingerprint density at radius 3 is 2.33 bits per heavy atom. The highest BCUT2D eigenvalue weighted by molar-refractivity contribution is 6.17. The van der Waals surface area contributed by atoms with Crippen LogP contribution in [0.3, 0.4) is 0 Å². The second-order valence-electron chi connectivity index (χ2n) is 4.44. The lowest BCUT2D eigenvalue weighted by atomic mass is 10.0. The molecule has 0 fully saturated rings. The quantitative estimate of drug-likeness (QED) is 0.618. The van der Waals surface area contributed by atoms with E-state index in [0.29, 0.717) is 18.2 Å². The Balaban J connectivity index is 4.16. The van der Waals surface area contributed by atoms with Gasteiger partial charge in [0, 0.05) is 24.9 Å². The highest BCUT2D eigenvalue weighted by atomic mass is 35.5. The van der Waals surface area contributed by atoms with Crippen LogP contribution in [-0.2, 0) is 4.79 Å². The van der Waals surface area contributed by atoms with Gasteiger partial charge in [-0.2, -0.15) is 0 Å². The van der Waals surface area contributed by atoms with Crippen LogP contribution in [0.25, 0.3) is 0 Å². The number of alkyl halides is 1. The van der Waals surface area contributed by atoms with Crippen molar-refractivity contribution < 1.29 is 4.79 Å². The summed E-state index contributed by atoms with van der Waals surface area (Å²) in [5, 5.41) is 0. The first-order chi connectivity index (χ1) is 7.02. The first-order valence-corrected chi connectivity index (χ1v) is 6.41. The summed E-state index contributed by atoms with van der Waals surface area (Å²) in [6.45, 7) is 9.15. The molecule has 3 heteroatoms. The van der Waals surface area contributed by atoms with Gasteiger partial charge in [0.05, 0.1) is 0 Å². The average molecular weight is 234 g/mol. The third-order valence-electron chi connectivity index (χ3n) is 2.70. The minimum Gasteiger partial charge on any atom is -0.340 e. The van der Waals surface area contributed by atoms with Gasteiger partial charge >= 0.3 is 0 Å². The smallest absolute Gasteiger partial charge is 0.223 e. The molecule has 0 bridgehead atoms. The van der Waals surface area contributed by atoms with E-state index < -0.39 is 0 Å². The molecule has 1 atom stereocenters. The van der Waals surface area contributed by atoms with Crippen molar-refractivity contribution in [2.24, 2.45) is 5.92 Å². The van der Waals surface area contributed by atoms with Crippen LogP contribution in [0, 0.1) is 5.92 Å². The summed E-state index contributed by atoms with van der Waals surface area (Å²) < 4.78 is 0. The average Bonchev–Trinajstić information content (AvgIpc) is 2.17. The summed E-state index contributed by atoms with van der Waals surface area (Å²) in [6, 6.07) is 0.282. The number of halogens is 1. The molecular weight excluding hydrogens is 210 g/mol. The summed E-state index contributed by atoms with van der Waals surface area (Å²) in [4.78, 5) is 13.9.